The first kappa shape index (κ1) is 16.5. The molecule has 3 N–H and O–H groups in total. The number of hydrogen-bond donors (Lipinski definition) is 3. The van der Waals surface area contributed by atoms with Crippen molar-refractivity contribution in [2.45, 2.75) is 37.5 Å². The molecule has 2 aliphatic rings. The number of ether oxygens (including phenoxy) is 1. The van der Waals surface area contributed by atoms with E-state index in [1.807, 2.05) is 0 Å². The highest BCUT2D eigenvalue weighted by atomic mass is 19.1. The molecule has 8 heteroatoms. The standard InChI is InChI=1S/C16H21FN4O3/c1-24-13-8-14(21(9-13)16(23)18-11-6-7-11)15(22)20-19-12-4-2-10(17)3-5-12/h2-5,11,13-14,19H,6-9H2,1H3,(H,18,23)(H,20,22). The van der Waals surface area contributed by atoms with Gasteiger partial charge < -0.3 is 15.0 Å². The molecule has 24 heavy (non-hydrogen) atoms. The van der Waals surface area contributed by atoms with Crippen LogP contribution >= 0.6 is 0 Å². The van der Waals surface area contributed by atoms with E-state index < -0.39 is 6.04 Å². The molecule has 2 atom stereocenters. The van der Waals surface area contributed by atoms with E-state index in [-0.39, 0.29) is 29.9 Å². The Morgan fingerprint density at radius 1 is 1.25 bits per heavy atom. The van der Waals surface area contributed by atoms with Gasteiger partial charge in [-0.25, -0.2) is 9.18 Å². The lowest BCUT2D eigenvalue weighted by molar-refractivity contribution is -0.124. The smallest absolute Gasteiger partial charge is 0.318 e. The van der Waals surface area contributed by atoms with Crippen LogP contribution in [0.15, 0.2) is 24.3 Å². The minimum absolute atomic E-state index is 0.170. The average Bonchev–Trinajstić information content (AvgIpc) is 3.28. The van der Waals surface area contributed by atoms with Gasteiger partial charge in [-0.15, -0.1) is 0 Å². The van der Waals surface area contributed by atoms with Crippen molar-refractivity contribution in [1.29, 1.82) is 0 Å². The van der Waals surface area contributed by atoms with Crippen LogP contribution in [0.4, 0.5) is 14.9 Å². The molecule has 1 saturated heterocycles. The number of nitrogens with zero attached hydrogens (tertiary/aromatic N) is 1. The molecule has 3 rings (SSSR count). The van der Waals surface area contributed by atoms with Crippen molar-refractivity contribution in [3.63, 3.8) is 0 Å². The molecule has 0 aromatic heterocycles. The number of halogens is 1. The van der Waals surface area contributed by atoms with Crippen molar-refractivity contribution >= 4 is 17.6 Å². The van der Waals surface area contributed by atoms with Crippen LogP contribution in [-0.4, -0.2) is 48.7 Å². The molecule has 1 heterocycles. The van der Waals surface area contributed by atoms with E-state index in [4.69, 9.17) is 4.74 Å². The fraction of sp³-hybridized carbons (Fsp3) is 0.500. The summed E-state index contributed by atoms with van der Waals surface area (Å²) in [6, 6.07) is 4.99. The molecular formula is C16H21FN4O3. The molecule has 1 saturated carbocycles. The van der Waals surface area contributed by atoms with Gasteiger partial charge in [-0.2, -0.15) is 0 Å². The third-order valence-electron chi connectivity index (χ3n) is 4.24. The lowest BCUT2D eigenvalue weighted by Gasteiger charge is -2.24. The highest BCUT2D eigenvalue weighted by Gasteiger charge is 2.41. The van der Waals surface area contributed by atoms with Crippen molar-refractivity contribution in [3.05, 3.63) is 30.1 Å². The maximum Gasteiger partial charge on any atom is 0.318 e. The zero-order valence-corrected chi connectivity index (χ0v) is 13.4. The number of anilines is 1. The van der Waals surface area contributed by atoms with Crippen LogP contribution in [0.1, 0.15) is 19.3 Å². The van der Waals surface area contributed by atoms with Crippen LogP contribution in [0.5, 0.6) is 0 Å². The third-order valence-corrected chi connectivity index (χ3v) is 4.24. The maximum absolute atomic E-state index is 12.9. The quantitative estimate of drug-likeness (QED) is 0.707. The van der Waals surface area contributed by atoms with Crippen LogP contribution in [0.25, 0.3) is 0 Å². The second-order valence-electron chi connectivity index (χ2n) is 6.11. The monoisotopic (exact) mass is 336 g/mol. The summed E-state index contributed by atoms with van der Waals surface area (Å²) in [6.07, 6.45) is 2.23. The van der Waals surface area contributed by atoms with Gasteiger partial charge in [0.05, 0.1) is 11.8 Å². The summed E-state index contributed by atoms with van der Waals surface area (Å²) in [5, 5.41) is 2.89. The molecular weight excluding hydrogens is 315 g/mol. The van der Waals surface area contributed by atoms with Gasteiger partial charge in [0.1, 0.15) is 11.9 Å². The first-order valence-corrected chi connectivity index (χ1v) is 7.98. The zero-order chi connectivity index (χ0) is 17.1. The molecule has 1 aromatic rings. The predicted molar refractivity (Wildman–Crippen MR) is 85.6 cm³/mol. The van der Waals surface area contributed by atoms with Crippen LogP contribution in [0.2, 0.25) is 0 Å². The number of rotatable bonds is 5. The number of nitrogens with one attached hydrogen (secondary N) is 3. The first-order valence-electron chi connectivity index (χ1n) is 7.98. The molecule has 2 unspecified atom stereocenters. The molecule has 0 spiro atoms. The average molecular weight is 336 g/mol. The Labute approximate surface area is 139 Å². The van der Waals surface area contributed by atoms with Gasteiger partial charge in [0.15, 0.2) is 0 Å². The molecule has 3 amide bonds. The molecule has 7 nitrogen and oxygen atoms in total. The summed E-state index contributed by atoms with van der Waals surface area (Å²) in [4.78, 5) is 26.2. The number of likely N-dealkylation sites (tertiary alicyclic amines) is 1. The van der Waals surface area contributed by atoms with E-state index in [1.165, 1.54) is 29.2 Å². The van der Waals surface area contributed by atoms with Crippen molar-refractivity contribution < 1.29 is 18.7 Å². The number of hydrazine groups is 1. The second kappa shape index (κ2) is 7.04. The number of hydrogen-bond acceptors (Lipinski definition) is 4. The number of carbonyl (C=O) groups is 2. The molecule has 1 aliphatic carbocycles. The fourth-order valence-corrected chi connectivity index (χ4v) is 2.68. The topological polar surface area (TPSA) is 82.7 Å². The van der Waals surface area contributed by atoms with Gasteiger partial charge in [0.2, 0.25) is 0 Å². The van der Waals surface area contributed by atoms with Crippen LogP contribution < -0.4 is 16.2 Å². The van der Waals surface area contributed by atoms with E-state index in [0.29, 0.717) is 18.7 Å². The van der Waals surface area contributed by atoms with E-state index in [0.717, 1.165) is 12.8 Å². The summed E-state index contributed by atoms with van der Waals surface area (Å²) in [6.45, 7) is 0.379. The lowest BCUT2D eigenvalue weighted by atomic mass is 10.2. The summed E-state index contributed by atoms with van der Waals surface area (Å²) in [5.74, 6) is -0.682. The molecule has 0 radical (unpaired) electrons. The zero-order valence-electron chi connectivity index (χ0n) is 13.4. The van der Waals surface area contributed by atoms with Gasteiger partial charge in [-0.05, 0) is 37.1 Å². The minimum Gasteiger partial charge on any atom is -0.380 e. The van der Waals surface area contributed by atoms with Gasteiger partial charge in [-0.3, -0.25) is 15.6 Å². The highest BCUT2D eigenvalue weighted by molar-refractivity contribution is 5.88. The van der Waals surface area contributed by atoms with E-state index >= 15 is 0 Å². The molecule has 1 aromatic carbocycles. The van der Waals surface area contributed by atoms with Gasteiger partial charge >= 0.3 is 6.03 Å². The van der Waals surface area contributed by atoms with Crippen molar-refractivity contribution in [2.75, 3.05) is 19.1 Å². The Morgan fingerprint density at radius 3 is 2.58 bits per heavy atom. The molecule has 1 aliphatic heterocycles. The molecule has 0 bridgehead atoms. The Balaban J connectivity index is 1.59. The Kier molecular flexibility index (Phi) is 4.84. The number of carbonyl (C=O) groups excluding carboxylic acids is 2. The Bertz CT molecular complexity index is 606. The third kappa shape index (κ3) is 3.94. The second-order valence-corrected chi connectivity index (χ2v) is 6.11. The summed E-state index contributed by atoms with van der Waals surface area (Å²) in [5.41, 5.74) is 5.85. The number of benzene rings is 1. The predicted octanol–water partition coefficient (Wildman–Crippen LogP) is 1.23. The summed E-state index contributed by atoms with van der Waals surface area (Å²) < 4.78 is 18.2. The minimum atomic E-state index is -0.610. The summed E-state index contributed by atoms with van der Waals surface area (Å²) >= 11 is 0. The van der Waals surface area contributed by atoms with E-state index in [1.54, 1.807) is 7.11 Å². The van der Waals surface area contributed by atoms with Crippen LogP contribution in [0.3, 0.4) is 0 Å². The normalized spacial score (nSPS) is 23.0. The lowest BCUT2D eigenvalue weighted by Crippen LogP contribution is -2.51. The number of urea groups is 1. The fourth-order valence-electron chi connectivity index (χ4n) is 2.68. The first-order chi connectivity index (χ1) is 11.6. The SMILES string of the molecule is COC1CC(C(=O)NNc2ccc(F)cc2)N(C(=O)NC2CC2)C1. The van der Waals surface area contributed by atoms with Crippen molar-refractivity contribution in [2.24, 2.45) is 0 Å². The van der Waals surface area contributed by atoms with Gasteiger partial charge in [-0.1, -0.05) is 0 Å². The Hall–Kier alpha value is -2.35. The number of methoxy groups -OCH3 is 1. The Morgan fingerprint density at radius 2 is 1.96 bits per heavy atom. The van der Waals surface area contributed by atoms with Crippen molar-refractivity contribution in [1.82, 2.24) is 15.6 Å². The van der Waals surface area contributed by atoms with Crippen molar-refractivity contribution in [3.8, 4) is 0 Å². The molecule has 130 valence electrons. The highest BCUT2D eigenvalue weighted by Crippen LogP contribution is 2.23. The molecule has 2 fully saturated rings. The largest absolute Gasteiger partial charge is 0.380 e. The maximum atomic E-state index is 12.9. The van der Waals surface area contributed by atoms with Crippen LogP contribution in [0, 0.1) is 5.82 Å². The summed E-state index contributed by atoms with van der Waals surface area (Å²) in [7, 11) is 1.57. The van der Waals surface area contributed by atoms with E-state index in [2.05, 4.69) is 16.2 Å². The number of amides is 3. The van der Waals surface area contributed by atoms with E-state index in [9.17, 15) is 14.0 Å². The van der Waals surface area contributed by atoms with Gasteiger partial charge in [0, 0.05) is 26.1 Å². The van der Waals surface area contributed by atoms with Crippen LogP contribution in [-0.2, 0) is 9.53 Å². The van der Waals surface area contributed by atoms with Gasteiger partial charge in [0.25, 0.3) is 5.91 Å².